The number of rotatable bonds is 7. The van der Waals surface area contributed by atoms with E-state index >= 15 is 0 Å². The summed E-state index contributed by atoms with van der Waals surface area (Å²) in [7, 11) is 2.57. The molecule has 0 aromatic heterocycles. The number of methoxy groups -OCH3 is 1. The van der Waals surface area contributed by atoms with Crippen LogP contribution in [0.4, 0.5) is 4.79 Å². The van der Waals surface area contributed by atoms with Gasteiger partial charge in [0.15, 0.2) is 0 Å². The molecule has 1 atom stereocenters. The maximum atomic E-state index is 12.6. The number of amides is 3. The van der Waals surface area contributed by atoms with Crippen molar-refractivity contribution in [1.29, 1.82) is 0 Å². The zero-order valence-electron chi connectivity index (χ0n) is 17.1. The number of esters is 1. The van der Waals surface area contributed by atoms with Crippen LogP contribution < -0.4 is 10.6 Å². The quantitative estimate of drug-likeness (QED) is 0.565. The summed E-state index contributed by atoms with van der Waals surface area (Å²) in [6.07, 6.45) is -0.768. The van der Waals surface area contributed by atoms with Crippen molar-refractivity contribution in [3.05, 3.63) is 29.8 Å². The molecular weight excluding hydrogens is 382 g/mol. The third-order valence-corrected chi connectivity index (χ3v) is 3.66. The molecule has 1 aromatic carbocycles. The third-order valence-electron chi connectivity index (χ3n) is 3.66. The normalized spacial score (nSPS) is 11.8. The van der Waals surface area contributed by atoms with Crippen LogP contribution in [0.15, 0.2) is 24.3 Å². The second kappa shape index (κ2) is 10.3. The van der Waals surface area contributed by atoms with Crippen LogP contribution in [0.5, 0.6) is 5.75 Å². The van der Waals surface area contributed by atoms with E-state index in [4.69, 9.17) is 4.74 Å². The van der Waals surface area contributed by atoms with Gasteiger partial charge in [-0.1, -0.05) is 12.1 Å². The second-order valence-electron chi connectivity index (χ2n) is 7.15. The molecule has 0 bridgehead atoms. The molecule has 0 aliphatic heterocycles. The largest absolute Gasteiger partial charge is 0.508 e. The number of benzene rings is 1. The number of phenolic OH excluding ortho intramolecular Hbond substituents is 1. The van der Waals surface area contributed by atoms with E-state index in [1.165, 1.54) is 38.4 Å². The second-order valence-corrected chi connectivity index (χ2v) is 7.15. The Morgan fingerprint density at radius 2 is 1.66 bits per heavy atom. The number of aromatic hydroxyl groups is 1. The molecule has 3 N–H and O–H groups in total. The number of phenols is 1. The summed E-state index contributed by atoms with van der Waals surface area (Å²) in [5, 5.41) is 14.2. The Morgan fingerprint density at radius 3 is 2.17 bits per heavy atom. The number of hydrogen-bond acceptors (Lipinski definition) is 7. The molecule has 0 aliphatic rings. The minimum Gasteiger partial charge on any atom is -0.508 e. The molecule has 1 rings (SSSR count). The van der Waals surface area contributed by atoms with Gasteiger partial charge in [-0.3, -0.25) is 14.4 Å². The molecule has 160 valence electrons. The highest BCUT2D eigenvalue weighted by Crippen LogP contribution is 2.22. The van der Waals surface area contributed by atoms with Gasteiger partial charge in [-0.2, -0.15) is 0 Å². The smallest absolute Gasteiger partial charge is 0.408 e. The van der Waals surface area contributed by atoms with Crippen molar-refractivity contribution < 1.29 is 33.8 Å². The Balaban J connectivity index is 2.91. The summed E-state index contributed by atoms with van der Waals surface area (Å²) in [4.78, 5) is 49.3. The lowest BCUT2D eigenvalue weighted by Crippen LogP contribution is -2.46. The van der Waals surface area contributed by atoms with E-state index < -0.39 is 42.1 Å². The molecule has 0 radical (unpaired) electrons. The van der Waals surface area contributed by atoms with Gasteiger partial charge in [0.2, 0.25) is 11.8 Å². The van der Waals surface area contributed by atoms with Gasteiger partial charge in [0.05, 0.1) is 7.11 Å². The average molecular weight is 409 g/mol. The van der Waals surface area contributed by atoms with Gasteiger partial charge in [0.25, 0.3) is 0 Å². The van der Waals surface area contributed by atoms with E-state index in [0.717, 1.165) is 4.90 Å². The Labute approximate surface area is 169 Å². The highest BCUT2D eigenvalue weighted by Gasteiger charge is 2.29. The van der Waals surface area contributed by atoms with Gasteiger partial charge in [0, 0.05) is 7.05 Å². The lowest BCUT2D eigenvalue weighted by Gasteiger charge is -2.28. The first-order valence-corrected chi connectivity index (χ1v) is 8.80. The number of nitrogens with one attached hydrogen (secondary N) is 2. The van der Waals surface area contributed by atoms with Crippen molar-refractivity contribution in [2.75, 3.05) is 27.2 Å². The van der Waals surface area contributed by atoms with Crippen LogP contribution in [-0.2, 0) is 23.9 Å². The van der Waals surface area contributed by atoms with Gasteiger partial charge < -0.3 is 30.1 Å². The SMILES string of the molecule is COC(=O)CNC(=O)C(c1ccc(O)cc1)N(C)C(=O)CNC(=O)OC(C)(C)C. The average Bonchev–Trinajstić information content (AvgIpc) is 2.64. The summed E-state index contributed by atoms with van der Waals surface area (Å²) < 4.78 is 9.56. The van der Waals surface area contributed by atoms with Crippen molar-refractivity contribution in [1.82, 2.24) is 15.5 Å². The fourth-order valence-electron chi connectivity index (χ4n) is 2.27. The molecular formula is C19H27N3O7. The monoisotopic (exact) mass is 409 g/mol. The van der Waals surface area contributed by atoms with E-state index in [2.05, 4.69) is 15.4 Å². The van der Waals surface area contributed by atoms with Crippen molar-refractivity contribution in [3.63, 3.8) is 0 Å². The van der Waals surface area contributed by atoms with Gasteiger partial charge in [-0.25, -0.2) is 4.79 Å². The summed E-state index contributed by atoms with van der Waals surface area (Å²) >= 11 is 0. The van der Waals surface area contributed by atoms with Crippen molar-refractivity contribution >= 4 is 23.9 Å². The zero-order chi connectivity index (χ0) is 22.2. The molecule has 29 heavy (non-hydrogen) atoms. The Hall–Kier alpha value is -3.30. The van der Waals surface area contributed by atoms with Crippen LogP contribution >= 0.6 is 0 Å². The van der Waals surface area contributed by atoms with E-state index in [1.807, 2.05) is 0 Å². The summed E-state index contributed by atoms with van der Waals surface area (Å²) in [5.41, 5.74) is -0.320. The van der Waals surface area contributed by atoms with Crippen molar-refractivity contribution in [3.8, 4) is 5.75 Å². The summed E-state index contributed by atoms with van der Waals surface area (Å²) in [5.74, 6) is -1.86. The first kappa shape index (κ1) is 23.7. The minimum absolute atomic E-state index is 0.0111. The minimum atomic E-state index is -1.10. The lowest BCUT2D eigenvalue weighted by molar-refractivity contribution is -0.143. The van der Waals surface area contributed by atoms with Gasteiger partial charge >= 0.3 is 12.1 Å². The van der Waals surface area contributed by atoms with Crippen LogP contribution in [0.3, 0.4) is 0 Å². The molecule has 0 saturated carbocycles. The molecule has 3 amide bonds. The molecule has 0 heterocycles. The number of carbonyl (C=O) groups is 4. The van der Waals surface area contributed by atoms with Crippen LogP contribution in [-0.4, -0.2) is 66.7 Å². The number of hydrogen-bond donors (Lipinski definition) is 3. The maximum Gasteiger partial charge on any atom is 0.408 e. The van der Waals surface area contributed by atoms with Crippen LogP contribution in [0, 0.1) is 0 Å². The first-order valence-electron chi connectivity index (χ1n) is 8.80. The zero-order valence-corrected chi connectivity index (χ0v) is 17.1. The molecule has 0 spiro atoms. The van der Waals surface area contributed by atoms with Crippen LogP contribution in [0.1, 0.15) is 32.4 Å². The number of alkyl carbamates (subject to hydrolysis) is 1. The molecule has 1 aromatic rings. The molecule has 10 nitrogen and oxygen atoms in total. The maximum absolute atomic E-state index is 12.6. The number of likely N-dealkylation sites (N-methyl/N-ethyl adjacent to an activating group) is 1. The van der Waals surface area contributed by atoms with E-state index in [-0.39, 0.29) is 12.3 Å². The number of ether oxygens (including phenoxy) is 2. The number of nitrogens with zero attached hydrogens (tertiary/aromatic N) is 1. The Morgan fingerprint density at radius 1 is 1.07 bits per heavy atom. The highest BCUT2D eigenvalue weighted by atomic mass is 16.6. The predicted octanol–water partition coefficient (Wildman–Crippen LogP) is 0.706. The molecule has 10 heteroatoms. The fourth-order valence-corrected chi connectivity index (χ4v) is 2.27. The van der Waals surface area contributed by atoms with Crippen LogP contribution in [0.25, 0.3) is 0 Å². The van der Waals surface area contributed by atoms with E-state index in [9.17, 15) is 24.3 Å². The van der Waals surface area contributed by atoms with Gasteiger partial charge in [-0.05, 0) is 38.5 Å². The van der Waals surface area contributed by atoms with E-state index in [0.29, 0.717) is 5.56 Å². The Bertz CT molecular complexity index is 741. The Kier molecular flexibility index (Phi) is 8.43. The molecule has 0 fully saturated rings. The number of carbonyl (C=O) groups excluding carboxylic acids is 4. The van der Waals surface area contributed by atoms with Gasteiger partial charge in [-0.15, -0.1) is 0 Å². The highest BCUT2D eigenvalue weighted by molar-refractivity contribution is 5.91. The topological polar surface area (TPSA) is 134 Å². The van der Waals surface area contributed by atoms with Crippen molar-refractivity contribution in [2.24, 2.45) is 0 Å². The fraction of sp³-hybridized carbons (Fsp3) is 0.474. The lowest BCUT2D eigenvalue weighted by atomic mass is 10.0. The standard InChI is InChI=1S/C19H27N3O7/c1-19(2,3)29-18(27)21-10-14(24)22(4)16(12-6-8-13(23)9-7-12)17(26)20-11-15(25)28-5/h6-9,16,23H,10-11H2,1-5H3,(H,20,26)(H,21,27). The van der Waals surface area contributed by atoms with Gasteiger partial charge in [0.1, 0.15) is 30.5 Å². The first-order chi connectivity index (χ1) is 13.4. The molecule has 0 saturated heterocycles. The van der Waals surface area contributed by atoms with Crippen molar-refractivity contribution in [2.45, 2.75) is 32.4 Å². The summed E-state index contributed by atoms with van der Waals surface area (Å²) in [6.45, 7) is 4.29. The van der Waals surface area contributed by atoms with Crippen LogP contribution in [0.2, 0.25) is 0 Å². The van der Waals surface area contributed by atoms with E-state index in [1.54, 1.807) is 20.8 Å². The molecule has 1 unspecified atom stereocenters. The summed E-state index contributed by atoms with van der Waals surface area (Å²) in [6, 6.07) is 4.58. The third kappa shape index (κ3) is 8.08. The molecule has 0 aliphatic carbocycles. The predicted molar refractivity (Wildman–Crippen MR) is 103 cm³/mol.